The van der Waals surface area contributed by atoms with Gasteiger partial charge in [0.25, 0.3) is 0 Å². The van der Waals surface area contributed by atoms with Gasteiger partial charge in [-0.25, -0.2) is 4.79 Å². The van der Waals surface area contributed by atoms with Gasteiger partial charge in [-0.2, -0.15) is 0 Å². The monoisotopic (exact) mass is 280 g/mol. The molecule has 1 N–H and O–H groups in total. The Morgan fingerprint density at radius 3 is 2.75 bits per heavy atom. The number of hydrogen-bond acceptors (Lipinski definition) is 4. The first-order valence-electron chi connectivity index (χ1n) is 6.82. The molecule has 0 aliphatic heterocycles. The van der Waals surface area contributed by atoms with E-state index in [1.165, 1.54) is 12.7 Å². The van der Waals surface area contributed by atoms with E-state index in [-0.39, 0.29) is 6.04 Å². The van der Waals surface area contributed by atoms with E-state index in [4.69, 9.17) is 4.74 Å². The van der Waals surface area contributed by atoms with Gasteiger partial charge in [-0.05, 0) is 31.2 Å². The normalized spacial score (nSPS) is 12.1. The minimum Gasteiger partial charge on any atom is -0.497 e. The van der Waals surface area contributed by atoms with Crippen molar-refractivity contribution in [1.29, 1.82) is 0 Å². The number of methoxy groups -OCH3 is 2. The molecule has 112 valence electrons. The second-order valence-corrected chi connectivity index (χ2v) is 4.50. The smallest absolute Gasteiger partial charge is 0.406 e. The summed E-state index contributed by atoms with van der Waals surface area (Å²) >= 11 is 0. The molecule has 1 aromatic carbocycles. The van der Waals surface area contributed by atoms with E-state index in [0.29, 0.717) is 6.54 Å². The average Bonchev–Trinajstić information content (AvgIpc) is 2.50. The van der Waals surface area contributed by atoms with Crippen LogP contribution < -0.4 is 10.1 Å². The molecule has 0 aliphatic carbocycles. The third-order valence-electron chi connectivity index (χ3n) is 3.38. The summed E-state index contributed by atoms with van der Waals surface area (Å²) < 4.78 is 9.81. The number of benzene rings is 1. The molecule has 1 aromatic rings. The first-order chi connectivity index (χ1) is 9.62. The van der Waals surface area contributed by atoms with Crippen molar-refractivity contribution in [1.82, 2.24) is 10.2 Å². The number of carbonyl (C=O) groups is 1. The molecule has 0 bridgehead atoms. The Labute approximate surface area is 120 Å². The maximum absolute atomic E-state index is 11.0. The van der Waals surface area contributed by atoms with E-state index >= 15 is 0 Å². The van der Waals surface area contributed by atoms with E-state index in [2.05, 4.69) is 34.9 Å². The molecule has 5 heteroatoms. The predicted octanol–water partition coefficient (Wildman–Crippen LogP) is 2.43. The molecule has 0 heterocycles. The summed E-state index contributed by atoms with van der Waals surface area (Å²) in [4.78, 5) is 13.3. The summed E-state index contributed by atoms with van der Waals surface area (Å²) in [5.74, 6) is 0.859. The third-order valence-corrected chi connectivity index (χ3v) is 3.38. The molecule has 0 saturated carbocycles. The lowest BCUT2D eigenvalue weighted by atomic mass is 10.1. The first-order valence-corrected chi connectivity index (χ1v) is 6.82. The van der Waals surface area contributed by atoms with Crippen molar-refractivity contribution >= 4 is 6.09 Å². The standard InChI is InChI=1S/C15H24N2O3/c1-5-17(10-9-16-15(18)20-4)12(2)13-7-6-8-14(11-13)19-3/h6-8,11-12H,5,9-10H2,1-4H3,(H,16,18)/t12-/m0/s1. The number of likely N-dealkylation sites (N-methyl/N-ethyl adjacent to an activating group) is 1. The van der Waals surface area contributed by atoms with E-state index in [9.17, 15) is 4.79 Å². The van der Waals surface area contributed by atoms with Crippen LogP contribution in [0.4, 0.5) is 4.79 Å². The summed E-state index contributed by atoms with van der Waals surface area (Å²) in [6.45, 7) is 6.49. The Hall–Kier alpha value is -1.75. The summed E-state index contributed by atoms with van der Waals surface area (Å²) in [7, 11) is 3.04. The van der Waals surface area contributed by atoms with Gasteiger partial charge in [-0.1, -0.05) is 19.1 Å². The van der Waals surface area contributed by atoms with Crippen molar-refractivity contribution in [3.8, 4) is 5.75 Å². The molecule has 0 unspecified atom stereocenters. The van der Waals surface area contributed by atoms with Crippen LogP contribution in [0.15, 0.2) is 24.3 Å². The average molecular weight is 280 g/mol. The summed E-state index contributed by atoms with van der Waals surface area (Å²) in [6.07, 6.45) is -0.393. The minimum atomic E-state index is -0.393. The highest BCUT2D eigenvalue weighted by Gasteiger charge is 2.14. The highest BCUT2D eigenvalue weighted by Crippen LogP contribution is 2.23. The zero-order valence-electron chi connectivity index (χ0n) is 12.7. The molecule has 5 nitrogen and oxygen atoms in total. The molecule has 0 spiro atoms. The minimum absolute atomic E-state index is 0.259. The lowest BCUT2D eigenvalue weighted by molar-refractivity contribution is 0.165. The number of amides is 1. The number of hydrogen-bond donors (Lipinski definition) is 1. The van der Waals surface area contributed by atoms with Gasteiger partial charge in [0, 0.05) is 19.1 Å². The van der Waals surface area contributed by atoms with E-state index in [1.54, 1.807) is 7.11 Å². The second kappa shape index (κ2) is 8.43. The van der Waals surface area contributed by atoms with Gasteiger partial charge in [0.05, 0.1) is 14.2 Å². The Bertz CT molecular complexity index is 423. The molecule has 0 aliphatic rings. The van der Waals surface area contributed by atoms with Crippen LogP contribution in [-0.2, 0) is 4.74 Å². The van der Waals surface area contributed by atoms with Gasteiger partial charge in [0.2, 0.25) is 0 Å². The van der Waals surface area contributed by atoms with Crippen LogP contribution in [0.25, 0.3) is 0 Å². The van der Waals surface area contributed by atoms with Crippen molar-refractivity contribution < 1.29 is 14.3 Å². The molecule has 1 rings (SSSR count). The summed E-state index contributed by atoms with van der Waals surface area (Å²) in [6, 6.07) is 8.32. The molecule has 1 atom stereocenters. The predicted molar refractivity (Wildman–Crippen MR) is 79.1 cm³/mol. The zero-order chi connectivity index (χ0) is 15.0. The maximum Gasteiger partial charge on any atom is 0.406 e. The first kappa shape index (κ1) is 16.3. The maximum atomic E-state index is 11.0. The molecule has 20 heavy (non-hydrogen) atoms. The van der Waals surface area contributed by atoms with Crippen LogP contribution in [0, 0.1) is 0 Å². The number of rotatable bonds is 7. The Morgan fingerprint density at radius 2 is 2.15 bits per heavy atom. The van der Waals surface area contributed by atoms with Crippen LogP contribution in [0.3, 0.4) is 0 Å². The van der Waals surface area contributed by atoms with Gasteiger partial charge >= 0.3 is 6.09 Å². The zero-order valence-corrected chi connectivity index (χ0v) is 12.7. The van der Waals surface area contributed by atoms with Crippen molar-refractivity contribution in [3.63, 3.8) is 0 Å². The van der Waals surface area contributed by atoms with Gasteiger partial charge in [-0.15, -0.1) is 0 Å². The van der Waals surface area contributed by atoms with Crippen molar-refractivity contribution in [2.75, 3.05) is 33.9 Å². The Kier molecular flexibility index (Phi) is 6.87. The van der Waals surface area contributed by atoms with Gasteiger partial charge in [0.15, 0.2) is 0 Å². The SMILES string of the molecule is CCN(CCNC(=O)OC)[C@@H](C)c1cccc(OC)c1. The largest absolute Gasteiger partial charge is 0.497 e. The summed E-state index contributed by atoms with van der Waals surface area (Å²) in [5, 5.41) is 2.70. The van der Waals surface area contributed by atoms with Crippen LogP contribution in [-0.4, -0.2) is 44.8 Å². The molecular formula is C15H24N2O3. The summed E-state index contributed by atoms with van der Waals surface area (Å²) in [5.41, 5.74) is 1.20. The lowest BCUT2D eigenvalue weighted by Gasteiger charge is -2.28. The molecular weight excluding hydrogens is 256 g/mol. The van der Waals surface area contributed by atoms with Crippen molar-refractivity contribution in [2.24, 2.45) is 0 Å². The number of nitrogens with one attached hydrogen (secondary N) is 1. The Morgan fingerprint density at radius 1 is 1.40 bits per heavy atom. The highest BCUT2D eigenvalue weighted by molar-refractivity contribution is 5.66. The topological polar surface area (TPSA) is 50.8 Å². The van der Waals surface area contributed by atoms with Crippen LogP contribution in [0.2, 0.25) is 0 Å². The van der Waals surface area contributed by atoms with Gasteiger partial charge in [0.1, 0.15) is 5.75 Å². The Balaban J connectivity index is 2.61. The van der Waals surface area contributed by atoms with E-state index in [1.807, 2.05) is 18.2 Å². The highest BCUT2D eigenvalue weighted by atomic mass is 16.5. The van der Waals surface area contributed by atoms with Gasteiger partial charge < -0.3 is 14.8 Å². The quantitative estimate of drug-likeness (QED) is 0.833. The fraction of sp³-hybridized carbons (Fsp3) is 0.533. The second-order valence-electron chi connectivity index (χ2n) is 4.50. The molecule has 0 saturated heterocycles. The van der Waals surface area contributed by atoms with Gasteiger partial charge in [-0.3, -0.25) is 4.90 Å². The molecule has 1 amide bonds. The third kappa shape index (κ3) is 4.74. The van der Waals surface area contributed by atoms with Crippen LogP contribution in [0.5, 0.6) is 5.75 Å². The number of alkyl carbamates (subject to hydrolysis) is 1. The lowest BCUT2D eigenvalue weighted by Crippen LogP contribution is -2.36. The molecule has 0 fully saturated rings. The fourth-order valence-electron chi connectivity index (χ4n) is 2.11. The van der Waals surface area contributed by atoms with Crippen molar-refractivity contribution in [2.45, 2.75) is 19.9 Å². The van der Waals surface area contributed by atoms with Crippen LogP contribution in [0.1, 0.15) is 25.5 Å². The van der Waals surface area contributed by atoms with E-state index < -0.39 is 6.09 Å². The van der Waals surface area contributed by atoms with Crippen molar-refractivity contribution in [3.05, 3.63) is 29.8 Å². The fourth-order valence-corrected chi connectivity index (χ4v) is 2.11. The number of carbonyl (C=O) groups excluding carboxylic acids is 1. The number of ether oxygens (including phenoxy) is 2. The number of nitrogens with zero attached hydrogens (tertiary/aromatic N) is 1. The molecule has 0 radical (unpaired) electrons. The van der Waals surface area contributed by atoms with Crippen LogP contribution >= 0.6 is 0 Å². The molecule has 0 aromatic heterocycles. The van der Waals surface area contributed by atoms with E-state index in [0.717, 1.165) is 18.8 Å².